The number of rotatable bonds is 12. The number of likely N-dealkylation sites (N-methyl/N-ethyl adjacent to an activating group) is 4. The Hall–Kier alpha value is -7.23. The fourth-order valence-corrected chi connectivity index (χ4v) is 12.2. The Labute approximate surface area is 655 Å². The third-order valence-electron chi connectivity index (χ3n) is 17.3. The number of amides is 6. The molecule has 5 aliphatic rings. The van der Waals surface area contributed by atoms with Crippen LogP contribution in [0.2, 0.25) is 30.1 Å². The van der Waals surface area contributed by atoms with Crippen molar-refractivity contribution >= 4 is 139 Å². The molecule has 6 aromatic carbocycles. The van der Waals surface area contributed by atoms with E-state index < -0.39 is 138 Å². The number of benzene rings is 6. The Morgan fingerprint density at radius 1 is 0.532 bits per heavy atom. The molecule has 18 nitrogen and oxygen atoms in total. The van der Waals surface area contributed by atoms with Crippen molar-refractivity contribution in [2.45, 2.75) is 105 Å². The van der Waals surface area contributed by atoms with Crippen molar-refractivity contribution < 1.29 is 118 Å². The summed E-state index contributed by atoms with van der Waals surface area (Å²) in [5.74, 6) is -1.84. The molecule has 0 spiro atoms. The van der Waals surface area contributed by atoms with Crippen molar-refractivity contribution in [2.75, 3.05) is 98.7 Å². The largest absolute Gasteiger partial charge is 0.454 e. The van der Waals surface area contributed by atoms with Gasteiger partial charge in [0.05, 0.1) is 38.4 Å². The number of anilines is 6. The maximum absolute atomic E-state index is 14.2. The molecule has 2 fully saturated rings. The van der Waals surface area contributed by atoms with Gasteiger partial charge in [0.2, 0.25) is 16.8 Å². The molecule has 12 N–H and O–H groups in total. The van der Waals surface area contributed by atoms with E-state index in [9.17, 15) is 108 Å². The van der Waals surface area contributed by atoms with Crippen molar-refractivity contribution in [1.82, 2.24) is 20.0 Å². The Morgan fingerprint density at radius 2 is 0.928 bits per heavy atom. The number of Topliss-reactive ketones (excluding diaryl/α,β-unsaturated/α-hetero) is 1. The quantitative estimate of drug-likeness (QED) is 0.0182. The summed E-state index contributed by atoms with van der Waals surface area (Å²) < 4.78 is 246. The first-order valence-corrected chi connectivity index (χ1v) is 35.0. The number of halogens is 25. The highest BCUT2D eigenvalue weighted by Gasteiger charge is 2.68. The van der Waals surface area contributed by atoms with E-state index in [1.54, 1.807) is 20.8 Å². The number of ether oxygens (including phenoxy) is 2. The summed E-state index contributed by atoms with van der Waals surface area (Å²) in [6.07, 6.45) is -26.9. The van der Waals surface area contributed by atoms with Gasteiger partial charge in [0.1, 0.15) is 0 Å². The molecule has 612 valence electrons. The predicted molar refractivity (Wildman–Crippen MR) is 383 cm³/mol. The molecular formula is C68H67Cl7F18N10O8. The molecule has 43 heteroatoms. The smallest absolute Gasteiger partial charge is 0.398 e. The number of nitrogens with zero attached hydrogens (tertiary/aromatic N) is 3. The monoisotopic (exact) mass is 1740 g/mol. The van der Waals surface area contributed by atoms with E-state index in [0.717, 1.165) is 57.9 Å². The van der Waals surface area contributed by atoms with Gasteiger partial charge in [0, 0.05) is 118 Å². The molecule has 6 aromatic rings. The normalized spacial score (nSPS) is 21.0. The number of hydrogen-bond acceptors (Lipinski definition) is 12. The summed E-state index contributed by atoms with van der Waals surface area (Å²) in [5.41, 5.74) is 2.73. The van der Waals surface area contributed by atoms with Crippen LogP contribution in [0.15, 0.2) is 109 Å². The minimum atomic E-state index is -4.94. The lowest BCUT2D eigenvalue weighted by molar-refractivity contribution is -0.288. The fraction of sp³-hybridized carbons (Fsp3) is 0.412. The topological polar surface area (TPSA) is 266 Å². The maximum Gasteiger partial charge on any atom is 0.454 e. The molecule has 0 aromatic heterocycles. The highest BCUT2D eigenvalue weighted by Crippen LogP contribution is 2.55. The van der Waals surface area contributed by atoms with E-state index in [1.807, 2.05) is 0 Å². The molecule has 5 atom stereocenters. The second-order valence-corrected chi connectivity index (χ2v) is 28.2. The highest BCUT2D eigenvalue weighted by molar-refractivity contribution is 6.33. The first kappa shape index (κ1) is 92.6. The number of nitrogens with one attached hydrogen (secondary N) is 4. The third kappa shape index (κ3) is 21.6. The van der Waals surface area contributed by atoms with Crippen molar-refractivity contribution in [3.8, 4) is 0 Å². The van der Waals surface area contributed by atoms with Crippen molar-refractivity contribution in [3.05, 3.63) is 173 Å². The van der Waals surface area contributed by atoms with Crippen LogP contribution in [0, 0.1) is 5.92 Å². The molecular weight excluding hydrogens is 1670 g/mol. The molecule has 1 saturated carbocycles. The minimum absolute atomic E-state index is 0.0111. The predicted octanol–water partition coefficient (Wildman–Crippen LogP) is 19.2. The Morgan fingerprint density at radius 3 is 1.34 bits per heavy atom. The number of aliphatic hydroxyl groups is 2. The van der Waals surface area contributed by atoms with Gasteiger partial charge < -0.3 is 72.9 Å². The SMILES string of the molecule is CCN1CC(Cl)(C(F)(F)F)c2cc(Cl)ccc2NC1=O.CCN1CC(O)(C(F)(F)F)c2cc(Cl)ccc2NC1=O.CCN1CC(OCC2CC2)(C(F)(F)F)c2cc(Cl)ccc2NC1=O.CCNCC(O)(c1cc(Cl)ccc1N)C(F)(F)F.Nc1ccc(Cl)cc1C(=O)C(F)(F)F.Nc1ccc(Cl)cc1C1(C(F)(F)F)CO1. The van der Waals surface area contributed by atoms with Gasteiger partial charge in [-0.1, -0.05) is 76.5 Å². The van der Waals surface area contributed by atoms with E-state index in [4.69, 9.17) is 103 Å². The number of ketones is 1. The van der Waals surface area contributed by atoms with E-state index in [0.29, 0.717) is 6.54 Å². The summed E-state index contributed by atoms with van der Waals surface area (Å²) in [6.45, 7) is 3.72. The maximum atomic E-state index is 14.2. The van der Waals surface area contributed by atoms with Crippen LogP contribution in [0.1, 0.15) is 78.7 Å². The van der Waals surface area contributed by atoms with Crippen LogP contribution in [0.4, 0.5) is 128 Å². The summed E-state index contributed by atoms with van der Waals surface area (Å²) in [7, 11) is 0. The number of nitrogens with two attached hydrogens (primary N) is 3. The van der Waals surface area contributed by atoms with Gasteiger partial charge in [-0.05, 0) is 155 Å². The summed E-state index contributed by atoms with van der Waals surface area (Å²) in [5, 5.41) is 30.5. The number of carbonyl (C=O) groups is 4. The molecule has 5 unspecified atom stereocenters. The Balaban J connectivity index is 0.000000210. The molecule has 1 saturated heterocycles. The molecule has 6 amide bonds. The molecule has 11 rings (SSSR count). The van der Waals surface area contributed by atoms with Crippen LogP contribution in [0.3, 0.4) is 0 Å². The zero-order valence-corrected chi connectivity index (χ0v) is 63.1. The lowest BCUT2D eigenvalue weighted by Gasteiger charge is -2.38. The van der Waals surface area contributed by atoms with E-state index in [1.165, 1.54) is 85.8 Å². The van der Waals surface area contributed by atoms with Gasteiger partial charge in [-0.15, -0.1) is 11.6 Å². The summed E-state index contributed by atoms with van der Waals surface area (Å²) in [4.78, 5) is 47.0. The van der Waals surface area contributed by atoms with Crippen LogP contribution in [0.25, 0.3) is 0 Å². The molecule has 111 heavy (non-hydrogen) atoms. The third-order valence-corrected chi connectivity index (χ3v) is 19.2. The van der Waals surface area contributed by atoms with Crippen LogP contribution < -0.4 is 38.5 Å². The van der Waals surface area contributed by atoms with Gasteiger partial charge in [-0.25, -0.2) is 14.4 Å². The number of nitrogen functional groups attached to an aromatic ring is 3. The van der Waals surface area contributed by atoms with Crippen molar-refractivity contribution in [1.29, 1.82) is 0 Å². The number of fused-ring (bicyclic) bond motifs is 3. The second kappa shape index (κ2) is 35.7. The average Bonchev–Trinajstić information content (AvgIpc) is 1.60. The Bertz CT molecular complexity index is 4230. The number of epoxide rings is 1. The number of urea groups is 3. The van der Waals surface area contributed by atoms with Crippen LogP contribution in [-0.2, 0) is 36.8 Å². The number of hydrogen-bond donors (Lipinski definition) is 9. The van der Waals surface area contributed by atoms with Gasteiger partial charge in [0.25, 0.3) is 5.78 Å². The average molecular weight is 1740 g/mol. The van der Waals surface area contributed by atoms with Crippen LogP contribution in [-0.4, -0.2) is 151 Å². The first-order valence-electron chi connectivity index (χ1n) is 32.4. The van der Waals surface area contributed by atoms with Crippen LogP contribution in [0.5, 0.6) is 0 Å². The van der Waals surface area contributed by atoms with E-state index in [2.05, 4.69) is 26.0 Å². The molecule has 4 aliphatic heterocycles. The highest BCUT2D eigenvalue weighted by atomic mass is 35.5. The van der Waals surface area contributed by atoms with Gasteiger partial charge in [-0.2, -0.15) is 79.0 Å². The zero-order valence-electron chi connectivity index (χ0n) is 57.8. The van der Waals surface area contributed by atoms with Gasteiger partial charge >= 0.3 is 55.2 Å². The zero-order chi connectivity index (χ0) is 84.0. The fourth-order valence-electron chi connectivity index (χ4n) is 10.8. The van der Waals surface area contributed by atoms with Gasteiger partial charge in [0.15, 0.2) is 10.5 Å². The summed E-state index contributed by atoms with van der Waals surface area (Å²) >= 11 is 40.0. The first-order chi connectivity index (χ1) is 51.0. The van der Waals surface area contributed by atoms with Crippen LogP contribution >= 0.6 is 81.2 Å². The second-order valence-electron chi connectivity index (χ2n) is 24.9. The summed E-state index contributed by atoms with van der Waals surface area (Å²) in [6, 6.07) is 20.6. The molecule has 4 heterocycles. The van der Waals surface area contributed by atoms with E-state index in [-0.39, 0.29) is 113 Å². The van der Waals surface area contributed by atoms with E-state index >= 15 is 0 Å². The Kier molecular flexibility index (Phi) is 29.8. The van der Waals surface area contributed by atoms with Crippen molar-refractivity contribution in [2.24, 2.45) is 5.92 Å². The lowest BCUT2D eigenvalue weighted by Crippen LogP contribution is -2.53. The lowest BCUT2D eigenvalue weighted by atomic mass is 9.90. The molecule has 0 radical (unpaired) electrons. The number of carbonyl (C=O) groups excluding carboxylic acids is 4. The number of alkyl halides is 19. The van der Waals surface area contributed by atoms with Crippen molar-refractivity contribution in [3.63, 3.8) is 0 Å². The minimum Gasteiger partial charge on any atom is -0.398 e. The molecule has 1 aliphatic carbocycles. The molecule has 0 bridgehead atoms. The number of β-amino-alcohol motifs (C(OH)–C–C–N with tert-alkyl or cyclic N) is 1. The van der Waals surface area contributed by atoms with Gasteiger partial charge in [-0.3, -0.25) is 4.79 Å². The standard InChI is InChI=1S/C16H18ClF3N2O2.C12H11Cl2F3N2O.C12H12ClF3N2O2.C11H14ClF3N2O.C9H7ClF3NO.C8H5ClF3NO/c1-2-22-9-15(16(18,19)20,24-8-10-3-4-10)12-7-11(17)5-6-13(12)21-14(22)23;1-2-19-6-11(14,12(15,16)17)8-5-7(13)3-4-9(8)18-10(19)20;1-2-18-6-11(20,12(14,15)16)8-5-7(13)3-4-9(8)17-10(18)19;1-2-17-6-10(18,11(13,14)15)8-5-7(12)3-4-9(8)16;10-5-1-2-7(14)6(3-5)8(4-15-8)9(11,12)13;9-4-1-2-6(13)5(3-4)7(14)8(10,11)12/h5-7,10H,2-4,8-9H2,1H3,(H,21,23);3-5H,2,6H2,1H3,(H,18,20);3-5,20H,2,6H2,1H3,(H,17,19);3-5,17-18H,2,6,16H2,1H3;1-3H,4,14H2;1-3H,13H2.